The van der Waals surface area contributed by atoms with Crippen molar-refractivity contribution in [3.8, 4) is 17.2 Å². The summed E-state index contributed by atoms with van der Waals surface area (Å²) in [5, 5.41) is 15.2. The van der Waals surface area contributed by atoms with Crippen LogP contribution in [0.5, 0.6) is 17.2 Å². The van der Waals surface area contributed by atoms with Crippen LogP contribution >= 0.6 is 0 Å². The fourth-order valence-electron chi connectivity index (χ4n) is 3.76. The first-order valence-electron chi connectivity index (χ1n) is 11.3. The number of hydrogen-bond acceptors (Lipinski definition) is 6. The second-order valence-electron chi connectivity index (χ2n) is 8.22. The normalized spacial score (nSPS) is 12.1. The quantitative estimate of drug-likeness (QED) is 0.450. The number of aromatic nitrogens is 2. The van der Waals surface area contributed by atoms with Gasteiger partial charge in [-0.1, -0.05) is 12.1 Å². The number of methoxy groups -OCH3 is 1. The molecule has 3 rings (SSSR count). The predicted octanol–water partition coefficient (Wildman–Crippen LogP) is 3.83. The van der Waals surface area contributed by atoms with Crippen molar-refractivity contribution < 1.29 is 19.3 Å². The Balaban J connectivity index is 1.52. The molecular weight excluding hydrogens is 418 g/mol. The zero-order valence-corrected chi connectivity index (χ0v) is 20.2. The van der Waals surface area contributed by atoms with Gasteiger partial charge in [-0.2, -0.15) is 5.10 Å². The van der Waals surface area contributed by atoms with E-state index in [1.807, 2.05) is 62.0 Å². The van der Waals surface area contributed by atoms with Crippen molar-refractivity contribution in [2.24, 2.45) is 0 Å². The molecule has 0 spiro atoms. The summed E-state index contributed by atoms with van der Waals surface area (Å²) in [4.78, 5) is 2.10. The molecule has 0 aliphatic rings. The average molecular weight is 454 g/mol. The Morgan fingerprint density at radius 2 is 1.58 bits per heavy atom. The summed E-state index contributed by atoms with van der Waals surface area (Å²) in [5.41, 5.74) is 4.50. The van der Waals surface area contributed by atoms with Crippen LogP contribution in [0.1, 0.15) is 29.4 Å². The highest BCUT2D eigenvalue weighted by Crippen LogP contribution is 2.19. The molecule has 33 heavy (non-hydrogen) atoms. The molecule has 1 N–H and O–H groups in total. The molecular formula is C26H35N3O4. The van der Waals surface area contributed by atoms with Crippen LogP contribution in [-0.4, -0.2) is 59.8 Å². The summed E-state index contributed by atoms with van der Waals surface area (Å²) in [6, 6.07) is 15.5. The third kappa shape index (κ3) is 6.97. The lowest BCUT2D eigenvalue weighted by molar-refractivity contribution is 0.0742. The zero-order chi connectivity index (χ0) is 23.8. The summed E-state index contributed by atoms with van der Waals surface area (Å²) in [6.07, 6.45) is -0.600. The van der Waals surface area contributed by atoms with Crippen LogP contribution in [0.25, 0.3) is 0 Å². The maximum atomic E-state index is 10.5. The van der Waals surface area contributed by atoms with E-state index in [4.69, 9.17) is 19.3 Å². The van der Waals surface area contributed by atoms with Gasteiger partial charge in [-0.05, 0) is 69.8 Å². The maximum Gasteiger partial charge on any atom is 0.119 e. The van der Waals surface area contributed by atoms with E-state index in [0.717, 1.165) is 22.9 Å². The molecule has 0 bridgehead atoms. The highest BCUT2D eigenvalue weighted by atomic mass is 16.5. The molecule has 1 unspecified atom stereocenters. The highest BCUT2D eigenvalue weighted by molar-refractivity contribution is 5.31. The van der Waals surface area contributed by atoms with E-state index in [-0.39, 0.29) is 6.61 Å². The molecule has 0 amide bonds. The summed E-state index contributed by atoms with van der Waals surface area (Å²) in [7, 11) is 3.67. The van der Waals surface area contributed by atoms with E-state index >= 15 is 0 Å². The van der Waals surface area contributed by atoms with Gasteiger partial charge in [0.25, 0.3) is 0 Å². The monoisotopic (exact) mass is 453 g/mol. The van der Waals surface area contributed by atoms with Crippen molar-refractivity contribution in [1.29, 1.82) is 0 Å². The summed E-state index contributed by atoms with van der Waals surface area (Å²) in [5.74, 6) is 2.37. The smallest absolute Gasteiger partial charge is 0.119 e. The number of rotatable bonds is 12. The number of ether oxygens (including phenoxy) is 3. The molecule has 178 valence electrons. The fourth-order valence-corrected chi connectivity index (χ4v) is 3.76. The molecule has 0 aliphatic carbocycles. The molecule has 1 atom stereocenters. The number of nitrogens with zero attached hydrogens (tertiary/aromatic N) is 3. The van der Waals surface area contributed by atoms with E-state index in [1.165, 1.54) is 11.1 Å². The lowest BCUT2D eigenvalue weighted by Gasteiger charge is -2.21. The van der Waals surface area contributed by atoms with Crippen molar-refractivity contribution in [1.82, 2.24) is 14.7 Å². The Morgan fingerprint density at radius 3 is 2.18 bits per heavy atom. The molecule has 2 aromatic carbocycles. The SMILES string of the molecule is CCOc1ccc(OCC(O)CN(C)Cc2c(C)nn(Cc3ccc(OC)cc3)c2C)cc1. The van der Waals surface area contributed by atoms with Gasteiger partial charge in [0.1, 0.15) is 30.0 Å². The predicted molar refractivity (Wildman–Crippen MR) is 129 cm³/mol. The van der Waals surface area contributed by atoms with E-state index in [1.54, 1.807) is 7.11 Å². The van der Waals surface area contributed by atoms with Gasteiger partial charge in [0.15, 0.2) is 0 Å². The van der Waals surface area contributed by atoms with E-state index in [2.05, 4.69) is 24.0 Å². The molecule has 3 aromatic rings. The molecule has 0 radical (unpaired) electrons. The highest BCUT2D eigenvalue weighted by Gasteiger charge is 2.16. The van der Waals surface area contributed by atoms with Crippen molar-refractivity contribution in [3.05, 3.63) is 71.0 Å². The molecule has 7 nitrogen and oxygen atoms in total. The van der Waals surface area contributed by atoms with Gasteiger partial charge < -0.3 is 19.3 Å². The first-order valence-corrected chi connectivity index (χ1v) is 11.3. The Bertz CT molecular complexity index is 1000. The third-order valence-electron chi connectivity index (χ3n) is 5.55. The Morgan fingerprint density at radius 1 is 0.970 bits per heavy atom. The number of likely N-dealkylation sites (N-methyl/N-ethyl adjacent to an activating group) is 1. The minimum absolute atomic E-state index is 0.229. The third-order valence-corrected chi connectivity index (χ3v) is 5.55. The topological polar surface area (TPSA) is 69.0 Å². The van der Waals surface area contributed by atoms with Crippen LogP contribution in [0, 0.1) is 13.8 Å². The summed E-state index contributed by atoms with van der Waals surface area (Å²) in [6.45, 7) is 8.85. The maximum absolute atomic E-state index is 10.5. The summed E-state index contributed by atoms with van der Waals surface area (Å²) >= 11 is 0. The van der Waals surface area contributed by atoms with Crippen molar-refractivity contribution in [2.75, 3.05) is 33.9 Å². The number of aryl methyl sites for hydroxylation is 1. The summed E-state index contributed by atoms with van der Waals surface area (Å²) < 4.78 is 18.4. The zero-order valence-electron chi connectivity index (χ0n) is 20.2. The molecule has 0 aliphatic heterocycles. The van der Waals surface area contributed by atoms with Gasteiger partial charge in [-0.3, -0.25) is 9.58 Å². The van der Waals surface area contributed by atoms with E-state index < -0.39 is 6.10 Å². The van der Waals surface area contributed by atoms with Crippen LogP contribution in [-0.2, 0) is 13.1 Å². The Kier molecular flexibility index (Phi) is 8.74. The number of benzene rings is 2. The minimum atomic E-state index is -0.600. The van der Waals surface area contributed by atoms with Crippen LogP contribution in [0.15, 0.2) is 48.5 Å². The van der Waals surface area contributed by atoms with Gasteiger partial charge >= 0.3 is 0 Å². The Labute approximate surface area is 196 Å². The van der Waals surface area contributed by atoms with Crippen LogP contribution < -0.4 is 14.2 Å². The van der Waals surface area contributed by atoms with Gasteiger partial charge in [0.05, 0.1) is 26.0 Å². The number of aliphatic hydroxyl groups excluding tert-OH is 1. The van der Waals surface area contributed by atoms with Crippen molar-refractivity contribution in [3.63, 3.8) is 0 Å². The van der Waals surface area contributed by atoms with Gasteiger partial charge in [-0.15, -0.1) is 0 Å². The molecule has 1 aromatic heterocycles. The number of hydrogen-bond donors (Lipinski definition) is 1. The molecule has 7 heteroatoms. The van der Waals surface area contributed by atoms with Crippen molar-refractivity contribution in [2.45, 2.75) is 40.0 Å². The van der Waals surface area contributed by atoms with Crippen molar-refractivity contribution >= 4 is 0 Å². The van der Waals surface area contributed by atoms with Gasteiger partial charge in [0.2, 0.25) is 0 Å². The second kappa shape index (κ2) is 11.7. The molecule has 0 saturated heterocycles. The number of aliphatic hydroxyl groups is 1. The Hall–Kier alpha value is -3.03. The van der Waals surface area contributed by atoms with Gasteiger partial charge in [-0.25, -0.2) is 0 Å². The lowest BCUT2D eigenvalue weighted by atomic mass is 10.1. The minimum Gasteiger partial charge on any atom is -0.497 e. The van der Waals surface area contributed by atoms with Gasteiger partial charge in [0, 0.05) is 24.3 Å². The van der Waals surface area contributed by atoms with E-state index in [0.29, 0.717) is 32.0 Å². The first-order chi connectivity index (χ1) is 15.9. The van der Waals surface area contributed by atoms with Crippen LogP contribution in [0.3, 0.4) is 0 Å². The molecule has 0 saturated carbocycles. The molecule has 1 heterocycles. The standard InChI is InChI=1S/C26H35N3O4/c1-6-32-24-11-13-25(14-12-24)33-18-22(30)16-28(4)17-26-19(2)27-29(20(26)3)15-21-7-9-23(31-5)10-8-21/h7-14,22,30H,6,15-18H2,1-5H3. The van der Waals surface area contributed by atoms with Crippen LogP contribution in [0.2, 0.25) is 0 Å². The van der Waals surface area contributed by atoms with E-state index in [9.17, 15) is 5.11 Å². The molecule has 0 fully saturated rings. The second-order valence-corrected chi connectivity index (χ2v) is 8.22. The lowest BCUT2D eigenvalue weighted by Crippen LogP contribution is -2.33. The largest absolute Gasteiger partial charge is 0.497 e. The first kappa shape index (κ1) is 24.6. The fraction of sp³-hybridized carbons (Fsp3) is 0.423. The average Bonchev–Trinajstić information content (AvgIpc) is 3.06. The van der Waals surface area contributed by atoms with Crippen LogP contribution in [0.4, 0.5) is 0 Å².